The summed E-state index contributed by atoms with van der Waals surface area (Å²) in [5, 5.41) is 5.49. The summed E-state index contributed by atoms with van der Waals surface area (Å²) < 4.78 is 20.6. The molecule has 0 unspecified atom stereocenters. The lowest BCUT2D eigenvalue weighted by molar-refractivity contribution is -0.155. The number of aryl methyl sites for hydroxylation is 1. The second kappa shape index (κ2) is 18.7. The van der Waals surface area contributed by atoms with E-state index in [1.54, 1.807) is 0 Å². The fourth-order valence-electron chi connectivity index (χ4n) is 10.2. The number of pyridine rings is 1. The number of hydrogen-bond donors (Lipinski definition) is 2. The fraction of sp³-hybridized carbons (Fsp3) is 0.560. The van der Waals surface area contributed by atoms with Crippen molar-refractivity contribution in [3.63, 3.8) is 0 Å². The van der Waals surface area contributed by atoms with Crippen LogP contribution in [0.2, 0.25) is 0 Å². The van der Waals surface area contributed by atoms with Crippen molar-refractivity contribution >= 4 is 40.2 Å². The Morgan fingerprint density at radius 2 is 1.77 bits per heavy atom. The second-order valence-electron chi connectivity index (χ2n) is 19.5. The van der Waals surface area contributed by atoms with Gasteiger partial charge in [-0.2, -0.15) is 0 Å². The van der Waals surface area contributed by atoms with Gasteiger partial charge in [-0.05, 0) is 80.3 Å². The van der Waals surface area contributed by atoms with Gasteiger partial charge >= 0.3 is 12.1 Å². The van der Waals surface area contributed by atoms with Crippen LogP contribution in [0.25, 0.3) is 22.2 Å². The Bertz CT molecular complexity index is 2320. The summed E-state index contributed by atoms with van der Waals surface area (Å²) in [4.78, 5) is 54.3. The number of alkyl carbamates (subject to hydrolysis) is 1. The average Bonchev–Trinajstić information content (AvgIpc) is 4.12. The van der Waals surface area contributed by atoms with Crippen LogP contribution in [0.5, 0.6) is 0 Å². The van der Waals surface area contributed by atoms with E-state index in [9.17, 15) is 14.4 Å². The third kappa shape index (κ3) is 9.60. The summed E-state index contributed by atoms with van der Waals surface area (Å²) in [6.45, 7) is 18.2. The second-order valence-corrected chi connectivity index (χ2v) is 19.5. The maximum Gasteiger partial charge on any atom is 0.408 e. The Kier molecular flexibility index (Phi) is 12.9. The number of nitrogens with zero attached hydrogens (tertiary/aromatic N) is 6. The van der Waals surface area contributed by atoms with Crippen molar-refractivity contribution in [3.05, 3.63) is 77.6 Å². The summed E-state index contributed by atoms with van der Waals surface area (Å²) in [5.41, 5.74) is 11.6. The number of carbonyl (C=O) groups is 3. The molecule has 4 fully saturated rings. The van der Waals surface area contributed by atoms with Gasteiger partial charge in [-0.15, -0.1) is 0 Å². The molecule has 2 aromatic carbocycles. The Balaban J connectivity index is 1.09. The highest BCUT2D eigenvalue weighted by Gasteiger charge is 2.38. The summed E-state index contributed by atoms with van der Waals surface area (Å²) in [6, 6.07) is 17.7. The van der Waals surface area contributed by atoms with E-state index in [-0.39, 0.29) is 37.6 Å². The van der Waals surface area contributed by atoms with E-state index < -0.39 is 29.6 Å². The van der Waals surface area contributed by atoms with Crippen LogP contribution in [0.3, 0.4) is 0 Å². The minimum atomic E-state index is -0.967. The number of hydrogen-bond acceptors (Lipinski definition) is 11. The molecule has 14 heteroatoms. The molecule has 1 aliphatic carbocycles. The number of rotatable bonds is 8. The van der Waals surface area contributed by atoms with Crippen LogP contribution in [0.1, 0.15) is 89.5 Å². The van der Waals surface area contributed by atoms with Crippen molar-refractivity contribution in [2.45, 2.75) is 116 Å². The largest absolute Gasteiger partial charge is 0.464 e. The highest BCUT2D eigenvalue weighted by atomic mass is 16.5. The smallest absolute Gasteiger partial charge is 0.408 e. The SMILES string of the molecule is CCn1c(-c2cc(N3CCN(C4CC4)CC3)cnc2C(C)C)c2c3cc(ccc31)N1CCO[C@@H](C[C@H](NC(=O)OCc3ccccc3)C(=O)N3CCC[C@H](N3)C(=O)OCC(C)(C)C2)C1. The number of hydrazine groups is 1. The first kappa shape index (κ1) is 44.0. The first-order valence-electron chi connectivity index (χ1n) is 23.7. The summed E-state index contributed by atoms with van der Waals surface area (Å²) >= 11 is 0. The van der Waals surface area contributed by atoms with Gasteiger partial charge in [0, 0.05) is 92.4 Å². The maximum atomic E-state index is 14.3. The fourth-order valence-corrected chi connectivity index (χ4v) is 10.2. The van der Waals surface area contributed by atoms with E-state index in [4.69, 9.17) is 19.2 Å². The normalized spacial score (nSPS) is 23.5. The number of amides is 2. The minimum absolute atomic E-state index is 0.0673. The molecule has 3 saturated heterocycles. The number of cyclic esters (lactones) is 1. The van der Waals surface area contributed by atoms with E-state index >= 15 is 0 Å². The molecule has 14 nitrogen and oxygen atoms in total. The number of nitrogens with one attached hydrogen (secondary N) is 2. The molecule has 2 amide bonds. The average molecular weight is 875 g/mol. The third-order valence-electron chi connectivity index (χ3n) is 13.7. The molecule has 2 aromatic heterocycles. The Morgan fingerprint density at radius 3 is 2.52 bits per heavy atom. The molecule has 6 heterocycles. The van der Waals surface area contributed by atoms with Crippen molar-refractivity contribution in [1.29, 1.82) is 0 Å². The van der Waals surface area contributed by atoms with Gasteiger partial charge in [-0.1, -0.05) is 58.0 Å². The first-order valence-corrected chi connectivity index (χ1v) is 23.7. The number of anilines is 2. The molecular formula is C50H66N8O6. The van der Waals surface area contributed by atoms with E-state index in [2.05, 4.69) is 95.1 Å². The van der Waals surface area contributed by atoms with E-state index in [1.165, 1.54) is 29.1 Å². The van der Waals surface area contributed by atoms with E-state index in [0.717, 1.165) is 77.9 Å². The van der Waals surface area contributed by atoms with Crippen LogP contribution in [0.4, 0.5) is 16.2 Å². The lowest BCUT2D eigenvalue weighted by atomic mass is 9.84. The zero-order valence-electron chi connectivity index (χ0n) is 38.3. The number of morpholine rings is 1. The molecule has 0 radical (unpaired) electrons. The Morgan fingerprint density at radius 1 is 0.969 bits per heavy atom. The Labute approximate surface area is 377 Å². The van der Waals surface area contributed by atoms with Crippen LogP contribution in [0.15, 0.2) is 60.8 Å². The number of benzene rings is 2. The van der Waals surface area contributed by atoms with Crippen molar-refractivity contribution < 1.29 is 28.6 Å². The maximum absolute atomic E-state index is 14.3. The standard InChI is InChI=1S/C50H66N8O6/c1-6-57-44-17-16-36-25-39(44)41(46(57)40-26-37(29-51-45(40)33(2)3)55-21-19-54(20-22-55)35-14-15-35)28-50(4,5)32-64-48(60)42-13-10-18-58(53-42)47(59)43(27-38-30-56(36)23-24-62-38)52-49(61)63-31-34-11-8-7-9-12-34/h7-9,11-12,16-17,25-26,29,33,35,38,42-43,53H,6,10,13-15,18-24,27-28,30-32H2,1-5H3,(H,52,61)/t38-,42-,43-/m0/s1. The molecule has 4 aromatic rings. The predicted octanol–water partition coefficient (Wildman–Crippen LogP) is 6.64. The lowest BCUT2D eigenvalue weighted by Gasteiger charge is -2.38. The van der Waals surface area contributed by atoms with Gasteiger partial charge in [0.2, 0.25) is 0 Å². The van der Waals surface area contributed by atoms with Gasteiger partial charge in [0.05, 0.1) is 42.6 Å². The molecule has 6 bridgehead atoms. The number of piperazine rings is 1. The number of ether oxygens (including phenoxy) is 3. The van der Waals surface area contributed by atoms with Gasteiger partial charge in [-0.25, -0.2) is 10.2 Å². The van der Waals surface area contributed by atoms with Gasteiger partial charge in [0.15, 0.2) is 0 Å². The van der Waals surface area contributed by atoms with E-state index in [0.29, 0.717) is 45.5 Å². The zero-order valence-corrected chi connectivity index (χ0v) is 38.3. The van der Waals surface area contributed by atoms with Crippen LogP contribution >= 0.6 is 0 Å². The summed E-state index contributed by atoms with van der Waals surface area (Å²) in [5.74, 6) is -0.557. The van der Waals surface area contributed by atoms with Crippen molar-refractivity contribution in [3.8, 4) is 11.3 Å². The molecular weight excluding hydrogens is 809 g/mol. The highest BCUT2D eigenvalue weighted by molar-refractivity contribution is 5.95. The van der Waals surface area contributed by atoms with Crippen LogP contribution < -0.4 is 20.5 Å². The molecule has 5 aliphatic rings. The third-order valence-corrected chi connectivity index (χ3v) is 13.7. The molecule has 4 aliphatic heterocycles. The van der Waals surface area contributed by atoms with Gasteiger partial charge in [-0.3, -0.25) is 24.5 Å². The molecule has 342 valence electrons. The quantitative estimate of drug-likeness (QED) is 0.185. The zero-order chi connectivity index (χ0) is 44.5. The molecule has 2 N–H and O–H groups in total. The molecule has 3 atom stereocenters. The van der Waals surface area contributed by atoms with Gasteiger partial charge < -0.3 is 33.9 Å². The number of aromatic nitrogens is 2. The van der Waals surface area contributed by atoms with Crippen LogP contribution in [0, 0.1) is 5.41 Å². The van der Waals surface area contributed by atoms with Crippen molar-refractivity contribution in [2.24, 2.45) is 5.41 Å². The van der Waals surface area contributed by atoms with Crippen molar-refractivity contribution in [1.82, 2.24) is 30.2 Å². The lowest BCUT2D eigenvalue weighted by Crippen LogP contribution is -2.61. The molecule has 64 heavy (non-hydrogen) atoms. The predicted molar refractivity (Wildman–Crippen MR) is 248 cm³/mol. The minimum Gasteiger partial charge on any atom is -0.464 e. The molecule has 1 saturated carbocycles. The van der Waals surface area contributed by atoms with Gasteiger partial charge in [0.25, 0.3) is 5.91 Å². The Hall–Kier alpha value is -5.18. The molecule has 9 rings (SSSR count). The number of esters is 1. The topological polar surface area (TPSA) is 134 Å². The molecule has 0 spiro atoms. The van der Waals surface area contributed by atoms with Crippen molar-refractivity contribution in [2.75, 3.05) is 68.8 Å². The monoisotopic (exact) mass is 875 g/mol. The first-order chi connectivity index (χ1) is 30.9. The van der Waals surface area contributed by atoms with Gasteiger partial charge in [0.1, 0.15) is 18.7 Å². The summed E-state index contributed by atoms with van der Waals surface area (Å²) in [7, 11) is 0. The van der Waals surface area contributed by atoms with Crippen LogP contribution in [-0.4, -0.2) is 121 Å². The number of carbonyl (C=O) groups excluding carboxylic acids is 3. The highest BCUT2D eigenvalue weighted by Crippen LogP contribution is 2.43. The number of fused-ring (bicyclic) bond motifs is 6. The van der Waals surface area contributed by atoms with E-state index in [1.807, 2.05) is 30.3 Å². The summed E-state index contributed by atoms with van der Waals surface area (Å²) in [6.07, 6.45) is 5.66. The van der Waals surface area contributed by atoms with Crippen LogP contribution in [-0.2, 0) is 43.4 Å².